The molecule has 3 aromatic carbocycles. The lowest BCUT2D eigenvalue weighted by Crippen LogP contribution is -2.54. The van der Waals surface area contributed by atoms with E-state index in [2.05, 4.69) is 58.4 Å². The highest BCUT2D eigenvalue weighted by atomic mass is 79.9. The fourth-order valence-electron chi connectivity index (χ4n) is 8.62. The van der Waals surface area contributed by atoms with Gasteiger partial charge in [0, 0.05) is 54.3 Å². The summed E-state index contributed by atoms with van der Waals surface area (Å²) in [6.45, 7) is 8.98. The molecule has 2 fully saturated rings. The number of carbonyl (C=O) groups is 3. The first-order valence-corrected chi connectivity index (χ1v) is 21.8. The second kappa shape index (κ2) is 14.5. The highest BCUT2D eigenvalue weighted by molar-refractivity contribution is 9.10. The van der Waals surface area contributed by atoms with Gasteiger partial charge in [0.1, 0.15) is 5.75 Å². The van der Waals surface area contributed by atoms with Crippen LogP contribution in [0.1, 0.15) is 43.5 Å². The van der Waals surface area contributed by atoms with Gasteiger partial charge in [0.05, 0.1) is 45.6 Å². The summed E-state index contributed by atoms with van der Waals surface area (Å²) >= 11 is 3.69. The summed E-state index contributed by atoms with van der Waals surface area (Å²) in [5.41, 5.74) is 2.54. The summed E-state index contributed by atoms with van der Waals surface area (Å²) in [6, 6.07) is 21.7. The monoisotopic (exact) mass is 801 g/mol. The molecule has 7 rings (SSSR count). The molecular weight excluding hydrogens is 758 g/mol. The van der Waals surface area contributed by atoms with Gasteiger partial charge in [0.15, 0.2) is 11.8 Å². The van der Waals surface area contributed by atoms with Crippen molar-refractivity contribution in [2.45, 2.75) is 82.8 Å². The number of β-lactam (4-membered cyclic amide) rings is 1. The molecule has 14 heteroatoms. The quantitative estimate of drug-likeness (QED) is 0.119. The second-order valence-corrected chi connectivity index (χ2v) is 20.2. The predicted molar refractivity (Wildman–Crippen MR) is 204 cm³/mol. The Morgan fingerprint density at radius 1 is 1.11 bits per heavy atom. The van der Waals surface area contributed by atoms with E-state index >= 15 is 4.79 Å². The topological polar surface area (TPSA) is 136 Å². The zero-order valence-corrected chi connectivity index (χ0v) is 33.1. The van der Waals surface area contributed by atoms with Crippen LogP contribution in [0.3, 0.4) is 0 Å². The molecule has 2 amide bonds. The Morgan fingerprint density at radius 2 is 1.89 bits per heavy atom. The molecule has 0 radical (unpaired) electrons. The van der Waals surface area contributed by atoms with Crippen LogP contribution in [0.5, 0.6) is 5.75 Å². The Hall–Kier alpha value is -4.37. The SMILES string of the molecule is COc1ccc([Si](C)(C)[C@@H]2[C@@H](CCn3cc(CCO)nn3)O[C@]3(C(=O)N(Cc4cccc(N5C(=O)CC5OC(C)=O)c4)c4ccc(Br)cc43)[C@H]2C)cc1. The first kappa shape index (κ1) is 37.0. The molecule has 0 aliphatic carbocycles. The average molecular weight is 803 g/mol. The molecule has 5 atom stereocenters. The number of ether oxygens (including phenoxy) is 3. The van der Waals surface area contributed by atoms with Crippen molar-refractivity contribution in [3.63, 3.8) is 0 Å². The molecule has 1 unspecified atom stereocenters. The van der Waals surface area contributed by atoms with Crippen molar-refractivity contribution in [3.05, 3.63) is 94.2 Å². The number of aryl methyl sites for hydroxylation is 1. The minimum Gasteiger partial charge on any atom is -0.497 e. The molecule has 53 heavy (non-hydrogen) atoms. The van der Waals surface area contributed by atoms with Crippen LogP contribution in [-0.4, -0.2) is 72.0 Å². The van der Waals surface area contributed by atoms with Crippen molar-refractivity contribution < 1.29 is 33.7 Å². The number of amides is 2. The van der Waals surface area contributed by atoms with E-state index in [1.165, 1.54) is 17.0 Å². The van der Waals surface area contributed by atoms with Crippen LogP contribution in [0.2, 0.25) is 18.6 Å². The molecule has 4 aromatic rings. The zero-order chi connectivity index (χ0) is 37.7. The fourth-order valence-corrected chi connectivity index (χ4v) is 13.0. The molecule has 278 valence electrons. The number of benzene rings is 3. The first-order chi connectivity index (χ1) is 25.4. The van der Waals surface area contributed by atoms with E-state index in [0.717, 1.165) is 32.7 Å². The van der Waals surface area contributed by atoms with Crippen LogP contribution >= 0.6 is 15.9 Å². The van der Waals surface area contributed by atoms with Crippen molar-refractivity contribution in [1.29, 1.82) is 0 Å². The molecule has 0 bridgehead atoms. The van der Waals surface area contributed by atoms with Gasteiger partial charge in [-0.15, -0.1) is 5.10 Å². The van der Waals surface area contributed by atoms with E-state index < -0.39 is 25.9 Å². The van der Waals surface area contributed by atoms with E-state index in [1.807, 2.05) is 54.7 Å². The molecule has 2 saturated heterocycles. The summed E-state index contributed by atoms with van der Waals surface area (Å²) in [5, 5.41) is 19.2. The van der Waals surface area contributed by atoms with E-state index in [-0.39, 0.29) is 48.9 Å². The van der Waals surface area contributed by atoms with Crippen molar-refractivity contribution in [3.8, 4) is 5.75 Å². The number of hydrogen-bond acceptors (Lipinski definition) is 9. The Bertz CT molecular complexity index is 2040. The van der Waals surface area contributed by atoms with Gasteiger partial charge in [-0.25, -0.2) is 0 Å². The average Bonchev–Trinajstić information content (AvgIpc) is 3.77. The van der Waals surface area contributed by atoms with Gasteiger partial charge in [-0.1, -0.05) is 70.6 Å². The third-order valence-corrected chi connectivity index (χ3v) is 16.0. The molecule has 0 saturated carbocycles. The summed E-state index contributed by atoms with van der Waals surface area (Å²) in [7, 11) is -0.705. The van der Waals surface area contributed by atoms with Gasteiger partial charge in [0.25, 0.3) is 5.91 Å². The van der Waals surface area contributed by atoms with Crippen molar-refractivity contribution in [2.75, 3.05) is 23.5 Å². The number of aromatic nitrogens is 3. The number of esters is 1. The third kappa shape index (κ3) is 6.59. The maximum atomic E-state index is 15.2. The van der Waals surface area contributed by atoms with Gasteiger partial charge in [0.2, 0.25) is 5.91 Å². The number of rotatable bonds is 12. The van der Waals surface area contributed by atoms with Crippen LogP contribution in [0.15, 0.2) is 77.4 Å². The predicted octanol–water partition coefficient (Wildman–Crippen LogP) is 5.06. The van der Waals surface area contributed by atoms with Crippen LogP contribution in [0.25, 0.3) is 0 Å². The fraction of sp³-hybridized carbons (Fsp3) is 0.410. The Labute approximate surface area is 318 Å². The number of methoxy groups -OCH3 is 1. The van der Waals surface area contributed by atoms with Crippen LogP contribution in [0.4, 0.5) is 11.4 Å². The molecule has 12 nitrogen and oxygen atoms in total. The van der Waals surface area contributed by atoms with E-state index in [0.29, 0.717) is 25.1 Å². The first-order valence-electron chi connectivity index (χ1n) is 17.9. The Morgan fingerprint density at radius 3 is 2.58 bits per heavy atom. The summed E-state index contributed by atoms with van der Waals surface area (Å²) in [5.74, 6) is -0.120. The maximum absolute atomic E-state index is 15.2. The van der Waals surface area contributed by atoms with Crippen molar-refractivity contribution in [2.24, 2.45) is 5.92 Å². The minimum absolute atomic E-state index is 0.00274. The van der Waals surface area contributed by atoms with Gasteiger partial charge < -0.3 is 24.2 Å². The third-order valence-electron chi connectivity index (χ3n) is 11.1. The van der Waals surface area contributed by atoms with Crippen LogP contribution in [-0.2, 0) is 49.0 Å². The van der Waals surface area contributed by atoms with Gasteiger partial charge in [-0.2, -0.15) is 0 Å². The number of hydrogen-bond donors (Lipinski definition) is 1. The number of halogens is 1. The van der Waals surface area contributed by atoms with Crippen LogP contribution in [0, 0.1) is 5.92 Å². The Balaban J connectivity index is 1.25. The highest BCUT2D eigenvalue weighted by Crippen LogP contribution is 2.60. The van der Waals surface area contributed by atoms with E-state index in [4.69, 9.17) is 14.2 Å². The second-order valence-electron chi connectivity index (χ2n) is 14.6. The highest BCUT2D eigenvalue weighted by Gasteiger charge is 2.66. The van der Waals surface area contributed by atoms with Crippen LogP contribution < -0.4 is 19.7 Å². The van der Waals surface area contributed by atoms with Crippen molar-refractivity contribution in [1.82, 2.24) is 15.0 Å². The molecule has 3 aliphatic rings. The number of carbonyl (C=O) groups excluding carboxylic acids is 3. The molecule has 4 heterocycles. The number of aliphatic hydroxyl groups is 1. The number of aliphatic hydroxyl groups excluding tert-OH is 1. The van der Waals surface area contributed by atoms with Gasteiger partial charge in [-0.3, -0.25) is 24.0 Å². The van der Waals surface area contributed by atoms with E-state index in [9.17, 15) is 14.7 Å². The summed E-state index contributed by atoms with van der Waals surface area (Å²) < 4.78 is 20.7. The number of anilines is 2. The summed E-state index contributed by atoms with van der Waals surface area (Å²) in [4.78, 5) is 42.8. The normalized spacial score (nSPS) is 23.8. The number of fused-ring (bicyclic) bond motifs is 2. The minimum atomic E-state index is -2.37. The lowest BCUT2D eigenvalue weighted by Gasteiger charge is -2.39. The lowest BCUT2D eigenvalue weighted by molar-refractivity contribution is -0.154. The van der Waals surface area contributed by atoms with Gasteiger partial charge in [-0.05, 0) is 60.0 Å². The van der Waals surface area contributed by atoms with Gasteiger partial charge >= 0.3 is 5.97 Å². The lowest BCUT2D eigenvalue weighted by atomic mass is 9.82. The molecule has 1 spiro atoms. The largest absolute Gasteiger partial charge is 0.497 e. The molecular formula is C39H44BrN5O7Si. The smallest absolute Gasteiger partial charge is 0.304 e. The summed E-state index contributed by atoms with van der Waals surface area (Å²) in [6.07, 6.45) is 2.10. The maximum Gasteiger partial charge on any atom is 0.304 e. The molecule has 3 aliphatic heterocycles. The number of nitrogens with zero attached hydrogens (tertiary/aromatic N) is 5. The van der Waals surface area contributed by atoms with Crippen molar-refractivity contribution >= 4 is 58.3 Å². The Kier molecular flexibility index (Phi) is 10.1. The molecule has 1 N–H and O–H groups in total. The van der Waals surface area contributed by atoms with E-state index in [1.54, 1.807) is 22.8 Å². The molecule has 1 aromatic heterocycles. The zero-order valence-electron chi connectivity index (χ0n) is 30.5. The standard InChI is InChI=1S/C39H44BrN5O7Si/c1-24-37(53(4,5)31-12-10-30(50-3)11-13-31)34(15-17-43-23-28(16-18-46)41-42-43)52-39(24)32-20-27(40)9-14-33(32)44(38(39)49)22-26-7-6-8-29(19-26)45-35(48)21-36(45)51-25(2)47/h6-14,19-20,23-24,34,36-37,46H,15-18,21-22H2,1-5H3/t24-,34+,36?,37-,39+/m0/s1.